The van der Waals surface area contributed by atoms with Crippen molar-refractivity contribution in [2.75, 3.05) is 5.32 Å². The van der Waals surface area contributed by atoms with Gasteiger partial charge in [-0.1, -0.05) is 54.4 Å². The van der Waals surface area contributed by atoms with Crippen molar-refractivity contribution < 1.29 is 4.79 Å². The van der Waals surface area contributed by atoms with Crippen molar-refractivity contribution in [3.8, 4) is 5.69 Å². The van der Waals surface area contributed by atoms with Gasteiger partial charge in [-0.2, -0.15) is 5.10 Å². The van der Waals surface area contributed by atoms with Crippen molar-refractivity contribution >= 4 is 27.7 Å². The summed E-state index contributed by atoms with van der Waals surface area (Å²) < 4.78 is 2.77. The van der Waals surface area contributed by atoms with E-state index in [1.54, 1.807) is 4.68 Å². The predicted octanol–water partition coefficient (Wildman–Crippen LogP) is 5.49. The van der Waals surface area contributed by atoms with Gasteiger partial charge in [-0.15, -0.1) is 0 Å². The first-order valence-corrected chi connectivity index (χ1v) is 9.28. The molecule has 1 N–H and O–H groups in total. The molecule has 0 unspecified atom stereocenters. The summed E-state index contributed by atoms with van der Waals surface area (Å²) in [6.45, 7) is 8.29. The van der Waals surface area contributed by atoms with E-state index in [0.717, 1.165) is 21.4 Å². The fourth-order valence-electron chi connectivity index (χ4n) is 2.59. The second-order valence-electron chi connectivity index (χ2n) is 7.38. The molecule has 134 valence electrons. The topological polar surface area (TPSA) is 46.9 Å². The molecule has 0 saturated carbocycles. The molecule has 26 heavy (non-hydrogen) atoms. The summed E-state index contributed by atoms with van der Waals surface area (Å²) in [6, 6.07) is 17.3. The average molecular weight is 412 g/mol. The van der Waals surface area contributed by atoms with Crippen LogP contribution in [0.15, 0.2) is 59.1 Å². The minimum atomic E-state index is -0.146. The molecule has 3 rings (SSSR count). The van der Waals surface area contributed by atoms with Gasteiger partial charge in [-0.05, 0) is 43.3 Å². The fraction of sp³-hybridized carbons (Fsp3) is 0.238. The molecule has 1 amide bonds. The molecule has 0 aliphatic rings. The van der Waals surface area contributed by atoms with Crippen LogP contribution in [-0.2, 0) is 5.41 Å². The molecule has 0 radical (unpaired) electrons. The number of aryl methyl sites for hydroxylation is 1. The van der Waals surface area contributed by atoms with Crippen LogP contribution in [-0.4, -0.2) is 15.7 Å². The monoisotopic (exact) mass is 411 g/mol. The molecular weight excluding hydrogens is 390 g/mol. The van der Waals surface area contributed by atoms with E-state index in [1.807, 2.05) is 61.5 Å². The molecule has 0 aliphatic heterocycles. The number of amides is 1. The molecule has 0 atom stereocenters. The molecule has 0 fully saturated rings. The van der Waals surface area contributed by atoms with Gasteiger partial charge >= 0.3 is 0 Å². The zero-order valence-corrected chi connectivity index (χ0v) is 17.0. The number of carbonyl (C=O) groups excluding carboxylic acids is 1. The Bertz CT molecular complexity index is 937. The number of nitrogens with zero attached hydrogens (tertiary/aromatic N) is 2. The quantitative estimate of drug-likeness (QED) is 0.618. The van der Waals surface area contributed by atoms with E-state index < -0.39 is 0 Å². The van der Waals surface area contributed by atoms with E-state index >= 15 is 0 Å². The number of rotatable bonds is 3. The number of hydrogen-bond acceptors (Lipinski definition) is 2. The van der Waals surface area contributed by atoms with Gasteiger partial charge in [0.15, 0.2) is 0 Å². The Morgan fingerprint density at radius 2 is 1.77 bits per heavy atom. The number of hydrogen-bond donors (Lipinski definition) is 1. The average Bonchev–Trinajstić information content (AvgIpc) is 2.99. The van der Waals surface area contributed by atoms with Gasteiger partial charge in [0.25, 0.3) is 5.91 Å². The molecule has 1 aromatic heterocycles. The van der Waals surface area contributed by atoms with Gasteiger partial charge in [0.05, 0.1) is 11.4 Å². The van der Waals surface area contributed by atoms with E-state index in [-0.39, 0.29) is 11.3 Å². The van der Waals surface area contributed by atoms with Crippen LogP contribution in [0, 0.1) is 6.92 Å². The number of anilines is 1. The molecule has 2 aromatic carbocycles. The summed E-state index contributed by atoms with van der Waals surface area (Å²) in [6.07, 6.45) is 0. The number of aromatic nitrogens is 2. The summed E-state index contributed by atoms with van der Waals surface area (Å²) in [7, 11) is 0. The van der Waals surface area contributed by atoms with E-state index in [2.05, 4.69) is 42.0 Å². The molecule has 4 nitrogen and oxygen atoms in total. The van der Waals surface area contributed by atoms with Gasteiger partial charge in [0.2, 0.25) is 0 Å². The van der Waals surface area contributed by atoms with Gasteiger partial charge in [0, 0.05) is 21.5 Å². The Balaban J connectivity index is 2.00. The zero-order valence-electron chi connectivity index (χ0n) is 15.4. The lowest BCUT2D eigenvalue weighted by Gasteiger charge is -2.14. The number of nitrogens with one attached hydrogen (secondary N) is 1. The SMILES string of the molecule is Cc1cccc(C(=O)Nc2cc(C(C)(C)C)nn2-c2ccc(Br)cc2)c1. The normalized spacial score (nSPS) is 11.4. The van der Waals surface area contributed by atoms with Gasteiger partial charge < -0.3 is 5.32 Å². The Hall–Kier alpha value is -2.40. The van der Waals surface area contributed by atoms with Crippen molar-refractivity contribution in [1.82, 2.24) is 9.78 Å². The van der Waals surface area contributed by atoms with Crippen LogP contribution in [0.2, 0.25) is 0 Å². The van der Waals surface area contributed by atoms with Crippen LogP contribution >= 0.6 is 15.9 Å². The van der Waals surface area contributed by atoms with Crippen molar-refractivity contribution in [1.29, 1.82) is 0 Å². The summed E-state index contributed by atoms with van der Waals surface area (Å²) in [5.41, 5.74) is 3.37. The molecule has 1 heterocycles. The summed E-state index contributed by atoms with van der Waals surface area (Å²) in [4.78, 5) is 12.7. The first kappa shape index (κ1) is 18.4. The number of halogens is 1. The standard InChI is InChI=1S/C21H22BrN3O/c1-14-6-5-7-15(12-14)20(26)23-19-13-18(21(2,3)4)24-25(19)17-10-8-16(22)9-11-17/h5-13H,1-4H3,(H,23,26). The fourth-order valence-corrected chi connectivity index (χ4v) is 2.85. The Morgan fingerprint density at radius 3 is 2.38 bits per heavy atom. The van der Waals surface area contributed by atoms with Gasteiger partial charge in [-0.25, -0.2) is 4.68 Å². The highest BCUT2D eigenvalue weighted by Gasteiger charge is 2.21. The van der Waals surface area contributed by atoms with Crippen LogP contribution in [0.3, 0.4) is 0 Å². The van der Waals surface area contributed by atoms with E-state index in [0.29, 0.717) is 11.4 Å². The maximum Gasteiger partial charge on any atom is 0.256 e. The molecule has 3 aromatic rings. The van der Waals surface area contributed by atoms with Crippen molar-refractivity contribution in [3.63, 3.8) is 0 Å². The molecule has 0 aliphatic carbocycles. The first-order chi connectivity index (χ1) is 12.2. The van der Waals surface area contributed by atoms with E-state index in [9.17, 15) is 4.79 Å². The Labute approximate surface area is 162 Å². The molecule has 5 heteroatoms. The largest absolute Gasteiger partial charge is 0.306 e. The first-order valence-electron chi connectivity index (χ1n) is 8.48. The smallest absolute Gasteiger partial charge is 0.256 e. The minimum Gasteiger partial charge on any atom is -0.306 e. The van der Waals surface area contributed by atoms with Gasteiger partial charge in [0.1, 0.15) is 5.82 Å². The van der Waals surface area contributed by atoms with Crippen molar-refractivity contribution in [2.24, 2.45) is 0 Å². The maximum atomic E-state index is 12.7. The lowest BCUT2D eigenvalue weighted by atomic mass is 9.92. The van der Waals surface area contributed by atoms with E-state index in [1.165, 1.54) is 0 Å². The highest BCUT2D eigenvalue weighted by molar-refractivity contribution is 9.10. The lowest BCUT2D eigenvalue weighted by Crippen LogP contribution is -2.15. The number of carbonyl (C=O) groups is 1. The van der Waals surface area contributed by atoms with Crippen molar-refractivity contribution in [3.05, 3.63) is 75.9 Å². The summed E-state index contributed by atoms with van der Waals surface area (Å²) in [5.74, 6) is 0.510. The highest BCUT2D eigenvalue weighted by Crippen LogP contribution is 2.27. The van der Waals surface area contributed by atoms with Gasteiger partial charge in [-0.3, -0.25) is 4.79 Å². The Morgan fingerprint density at radius 1 is 1.08 bits per heavy atom. The third-order valence-corrected chi connectivity index (χ3v) is 4.60. The molecule has 0 spiro atoms. The zero-order chi connectivity index (χ0) is 18.9. The summed E-state index contributed by atoms with van der Waals surface area (Å²) in [5, 5.41) is 7.74. The summed E-state index contributed by atoms with van der Waals surface area (Å²) >= 11 is 3.45. The number of benzene rings is 2. The molecular formula is C21H22BrN3O. The van der Waals surface area contributed by atoms with Crippen LogP contribution < -0.4 is 5.32 Å². The predicted molar refractivity (Wildman–Crippen MR) is 109 cm³/mol. The maximum absolute atomic E-state index is 12.7. The van der Waals surface area contributed by atoms with Crippen LogP contribution in [0.25, 0.3) is 5.69 Å². The third-order valence-electron chi connectivity index (χ3n) is 4.07. The molecule has 0 bridgehead atoms. The van der Waals surface area contributed by atoms with Crippen LogP contribution in [0.5, 0.6) is 0 Å². The second-order valence-corrected chi connectivity index (χ2v) is 8.29. The Kier molecular flexibility index (Phi) is 5.01. The van der Waals surface area contributed by atoms with E-state index in [4.69, 9.17) is 5.10 Å². The molecule has 0 saturated heterocycles. The third kappa shape index (κ3) is 4.05. The highest BCUT2D eigenvalue weighted by atomic mass is 79.9. The van der Waals surface area contributed by atoms with Crippen LogP contribution in [0.4, 0.5) is 5.82 Å². The minimum absolute atomic E-state index is 0.122. The van der Waals surface area contributed by atoms with Crippen LogP contribution in [0.1, 0.15) is 42.4 Å². The lowest BCUT2D eigenvalue weighted by molar-refractivity contribution is 0.102. The second kappa shape index (κ2) is 7.08. The van der Waals surface area contributed by atoms with Crippen molar-refractivity contribution in [2.45, 2.75) is 33.1 Å².